The fourth-order valence-corrected chi connectivity index (χ4v) is 1.40. The van der Waals surface area contributed by atoms with Crippen LogP contribution in [0.5, 0.6) is 0 Å². The van der Waals surface area contributed by atoms with E-state index in [9.17, 15) is 38.4 Å². The second-order valence-corrected chi connectivity index (χ2v) is 6.32. The van der Waals surface area contributed by atoms with E-state index in [2.05, 4.69) is 0 Å². The van der Waals surface area contributed by atoms with Crippen LogP contribution in [-0.4, -0.2) is 46.3 Å². The summed E-state index contributed by atoms with van der Waals surface area (Å²) in [5.74, 6) is -0.500. The second kappa shape index (κ2) is 28.1. The zero-order valence-corrected chi connectivity index (χ0v) is 24.0. The zero-order chi connectivity index (χ0) is 23.4. The Hall–Kier alpha value is -0.874. The summed E-state index contributed by atoms with van der Waals surface area (Å²) in [6.07, 6.45) is 0.333. The molecule has 0 N–H and O–H groups in total. The van der Waals surface area contributed by atoms with Gasteiger partial charge < -0.3 is 0 Å². The summed E-state index contributed by atoms with van der Waals surface area (Å²) < 4.78 is 0. The predicted octanol–water partition coefficient (Wildman–Crippen LogP) is 2.21. The van der Waals surface area contributed by atoms with Crippen LogP contribution in [0, 0.1) is 0 Å². The first kappa shape index (κ1) is 43.1. The quantitative estimate of drug-likeness (QED) is 0.397. The molecule has 0 fully saturated rings. The Balaban J connectivity index is -0.0000000626. The third-order valence-corrected chi connectivity index (χ3v) is 1.99. The average Bonchev–Trinajstić information content (AvgIpc) is 2.32. The molecule has 0 spiro atoms. The van der Waals surface area contributed by atoms with Gasteiger partial charge in [-0.3, -0.25) is 38.4 Å². The summed E-state index contributed by atoms with van der Waals surface area (Å²) in [4.78, 5) is 80.3. The summed E-state index contributed by atoms with van der Waals surface area (Å²) in [6.45, 7) is 11.2. The van der Waals surface area contributed by atoms with Crippen molar-refractivity contribution < 1.29 is 90.8 Å². The number of carbonyl (C=O) groups excluding carboxylic acids is 8. The van der Waals surface area contributed by atoms with Crippen LogP contribution < -0.4 is 0 Å². The van der Waals surface area contributed by atoms with Crippen LogP contribution in [0.25, 0.3) is 0 Å². The Bertz CT molecular complexity index is 444. The van der Waals surface area contributed by atoms with Crippen molar-refractivity contribution in [3.05, 3.63) is 0 Å². The third-order valence-electron chi connectivity index (χ3n) is 1.99. The van der Waals surface area contributed by atoms with Gasteiger partial charge in [0.05, 0.1) is 25.7 Å². The Morgan fingerprint density at radius 3 is 0.367 bits per heavy atom. The van der Waals surface area contributed by atoms with Gasteiger partial charge in [0, 0.05) is 52.4 Å². The van der Waals surface area contributed by atoms with Crippen molar-refractivity contribution in [1.29, 1.82) is 0 Å². The summed E-state index contributed by atoms with van der Waals surface area (Å²) in [5, 5.41) is 0. The summed E-state index contributed by atoms with van der Waals surface area (Å²) in [7, 11) is 0. The van der Waals surface area contributed by atoms with Crippen molar-refractivity contribution in [1.82, 2.24) is 0 Å². The van der Waals surface area contributed by atoms with Crippen LogP contribution in [0.2, 0.25) is 0 Å². The van der Waals surface area contributed by atoms with E-state index < -0.39 is 0 Å². The van der Waals surface area contributed by atoms with E-state index in [1.807, 2.05) is 0 Å². The summed E-state index contributed by atoms with van der Waals surface area (Å²) >= 11 is 0. The van der Waals surface area contributed by atoms with Crippen molar-refractivity contribution in [2.45, 2.75) is 81.1 Å². The molecule has 0 aromatic heterocycles. The van der Waals surface area contributed by atoms with E-state index in [4.69, 9.17) is 0 Å². The van der Waals surface area contributed by atoms with Crippen LogP contribution in [0.4, 0.5) is 0 Å². The molecular weight excluding hydrogens is 551 g/mol. The number of rotatable bonds is 8. The van der Waals surface area contributed by atoms with Gasteiger partial charge in [0.25, 0.3) is 0 Å². The topological polar surface area (TPSA) is 137 Å². The molecule has 0 aliphatic heterocycles. The Kier molecular flexibility index (Phi) is 40.4. The molecule has 0 amide bonds. The molecule has 0 atom stereocenters. The van der Waals surface area contributed by atoms with Crippen molar-refractivity contribution in [3.8, 4) is 0 Å². The number of hydrogen-bond donors (Lipinski definition) is 0. The van der Waals surface area contributed by atoms with Gasteiger partial charge in [0.1, 0.15) is 46.3 Å². The predicted molar refractivity (Wildman–Crippen MR) is 104 cm³/mol. The summed E-state index contributed by atoms with van der Waals surface area (Å²) in [5.41, 5.74) is 0. The maximum absolute atomic E-state index is 10.0. The molecule has 0 radical (unpaired) electrons. The van der Waals surface area contributed by atoms with Gasteiger partial charge in [-0.2, -0.15) is 0 Å². The number of carbonyl (C=O) groups is 8. The van der Waals surface area contributed by atoms with Gasteiger partial charge in [-0.1, -0.05) is 0 Å². The standard InChI is InChI=1S/4C5H8O2.2Zr/c4*1-4(6)3-5(2)7;;/h4*3H2,1-2H3;;. The molecule has 30 heavy (non-hydrogen) atoms. The van der Waals surface area contributed by atoms with Crippen molar-refractivity contribution >= 4 is 46.3 Å². The van der Waals surface area contributed by atoms with Crippen LogP contribution >= 0.6 is 0 Å². The zero-order valence-electron chi connectivity index (χ0n) is 19.1. The van der Waals surface area contributed by atoms with Gasteiger partial charge >= 0.3 is 0 Å². The molecule has 0 heterocycles. The van der Waals surface area contributed by atoms with E-state index in [0.29, 0.717) is 0 Å². The van der Waals surface area contributed by atoms with Gasteiger partial charge in [0.15, 0.2) is 0 Å². The van der Waals surface area contributed by atoms with Gasteiger partial charge in [-0.15, -0.1) is 0 Å². The largest absolute Gasteiger partial charge is 0.300 e. The SMILES string of the molecule is CC(=O)CC(C)=O.CC(=O)CC(C)=O.CC(=O)CC(C)=O.CC(=O)CC(C)=O.[Zr].[Zr]. The molecule has 168 valence electrons. The van der Waals surface area contributed by atoms with Crippen LogP contribution in [0.15, 0.2) is 0 Å². The molecule has 8 nitrogen and oxygen atoms in total. The van der Waals surface area contributed by atoms with E-state index in [1.165, 1.54) is 55.4 Å². The van der Waals surface area contributed by atoms with Gasteiger partial charge in [-0.05, 0) is 55.4 Å². The normalized spacial score (nSPS) is 7.73. The van der Waals surface area contributed by atoms with Crippen LogP contribution in [0.3, 0.4) is 0 Å². The van der Waals surface area contributed by atoms with Crippen LogP contribution in [-0.2, 0) is 90.8 Å². The molecule has 0 aromatic rings. The molecule has 0 aliphatic rings. The molecular formula is C20H32O8Zr2. The minimum Gasteiger partial charge on any atom is -0.300 e. The maximum atomic E-state index is 10.0. The Morgan fingerprint density at radius 2 is 0.367 bits per heavy atom. The molecule has 0 rings (SSSR count). The van der Waals surface area contributed by atoms with Crippen LogP contribution in [0.1, 0.15) is 81.1 Å². The van der Waals surface area contributed by atoms with Gasteiger partial charge in [0.2, 0.25) is 0 Å². The first-order valence-corrected chi connectivity index (χ1v) is 8.46. The molecule has 0 saturated carbocycles. The Labute approximate surface area is 216 Å². The van der Waals surface area contributed by atoms with E-state index in [-0.39, 0.29) is 124 Å². The first-order valence-electron chi connectivity index (χ1n) is 8.46. The molecule has 0 saturated heterocycles. The molecule has 0 aliphatic carbocycles. The minimum absolute atomic E-state index is 0. The van der Waals surface area contributed by atoms with Crippen molar-refractivity contribution in [2.75, 3.05) is 0 Å². The smallest absolute Gasteiger partial charge is 0.137 e. The minimum atomic E-state index is -0.0625. The molecule has 0 aromatic carbocycles. The fourth-order valence-electron chi connectivity index (χ4n) is 1.40. The summed E-state index contributed by atoms with van der Waals surface area (Å²) in [6, 6.07) is 0. The molecule has 10 heteroatoms. The Morgan fingerprint density at radius 1 is 0.300 bits per heavy atom. The molecule has 0 bridgehead atoms. The maximum Gasteiger partial charge on any atom is 0.137 e. The van der Waals surface area contributed by atoms with E-state index in [1.54, 1.807) is 0 Å². The number of ketones is 8. The fraction of sp³-hybridized carbons (Fsp3) is 0.600. The van der Waals surface area contributed by atoms with E-state index >= 15 is 0 Å². The van der Waals surface area contributed by atoms with Gasteiger partial charge in [-0.25, -0.2) is 0 Å². The van der Waals surface area contributed by atoms with Crippen molar-refractivity contribution in [3.63, 3.8) is 0 Å². The number of hydrogen-bond acceptors (Lipinski definition) is 8. The van der Waals surface area contributed by atoms with E-state index in [0.717, 1.165) is 0 Å². The number of Topliss-reactive ketones (excluding diaryl/α,β-unsaturated/α-hetero) is 8. The average molecular weight is 583 g/mol. The second-order valence-electron chi connectivity index (χ2n) is 6.32. The third kappa shape index (κ3) is 80.9. The monoisotopic (exact) mass is 580 g/mol. The first-order chi connectivity index (χ1) is 12.5. The molecule has 0 unspecified atom stereocenters. The van der Waals surface area contributed by atoms with Crippen molar-refractivity contribution in [2.24, 2.45) is 0 Å².